The quantitative estimate of drug-likeness (QED) is 0.149. The molecular weight excluding hydrogens is 665 g/mol. The van der Waals surface area contributed by atoms with Gasteiger partial charge < -0.3 is 9.84 Å². The van der Waals surface area contributed by atoms with Gasteiger partial charge in [-0.15, -0.1) is 0 Å². The van der Waals surface area contributed by atoms with Crippen molar-refractivity contribution in [2.45, 2.75) is 31.6 Å². The third-order valence-electron chi connectivity index (χ3n) is 8.74. The average Bonchev–Trinajstić information content (AvgIpc) is 3.82. The van der Waals surface area contributed by atoms with Crippen molar-refractivity contribution in [1.82, 2.24) is 17.5 Å². The molecule has 2 aromatic heterocycles. The highest BCUT2D eigenvalue weighted by atomic mass is 32.1. The minimum absolute atomic E-state index is 0.205. The van der Waals surface area contributed by atoms with Gasteiger partial charge >= 0.3 is 11.9 Å². The third-order valence-corrected chi connectivity index (χ3v) is 9.85. The molecule has 0 aliphatic heterocycles. The smallest absolute Gasteiger partial charge is 0.313 e. The number of carboxylic acid groups (broad SMARTS) is 1. The van der Waals surface area contributed by atoms with Crippen LogP contribution in [0.3, 0.4) is 0 Å². The topological polar surface area (TPSA) is 115 Å². The van der Waals surface area contributed by atoms with E-state index in [2.05, 4.69) is 60.0 Å². The molecule has 6 aromatic carbocycles. The van der Waals surface area contributed by atoms with Crippen LogP contribution in [-0.2, 0) is 27.2 Å². The number of carbonyl (C=O) groups excluding carboxylic acids is 1. The highest BCUT2D eigenvalue weighted by Gasteiger charge is 2.24. The molecule has 2 atom stereocenters. The van der Waals surface area contributed by atoms with Crippen molar-refractivity contribution in [1.29, 1.82) is 0 Å². The molecule has 50 heavy (non-hydrogen) atoms. The van der Waals surface area contributed by atoms with Crippen LogP contribution in [0.4, 0.5) is 0 Å². The number of carbonyl (C=O) groups is 2. The molecule has 8 nitrogen and oxygen atoms in total. The van der Waals surface area contributed by atoms with Gasteiger partial charge in [-0.1, -0.05) is 97.1 Å². The van der Waals surface area contributed by atoms with Gasteiger partial charge in [0.15, 0.2) is 0 Å². The maximum absolute atomic E-state index is 12.6. The minimum Gasteiger partial charge on any atom is -0.481 e. The van der Waals surface area contributed by atoms with Crippen molar-refractivity contribution in [3.8, 4) is 0 Å². The summed E-state index contributed by atoms with van der Waals surface area (Å²) >= 11 is 2.32. The maximum Gasteiger partial charge on any atom is 0.313 e. The first-order chi connectivity index (χ1) is 24.4. The molecule has 0 radical (unpaired) electrons. The molecule has 0 aliphatic rings. The van der Waals surface area contributed by atoms with E-state index in [0.717, 1.165) is 66.8 Å². The standard InChI is InChI=1S/C21H18N2O2S.C19H14N2O2S/c1-2-25-21(24)18(17-9-10-19-20(13-17)23-26-22-19)12-14-7-8-15-5-3-4-6-16(15)11-14;22-19(23)16(15-7-8-17-18(11-15)21-24-20-17)10-12-5-6-13-3-1-2-4-14(13)9-12/h3-11,13,18H,2,12H2,1H3;1-9,11,16H,10H2,(H,22,23). The summed E-state index contributed by atoms with van der Waals surface area (Å²) in [6.45, 7) is 2.20. The normalized spacial score (nSPS) is 12.4. The van der Waals surface area contributed by atoms with Gasteiger partial charge in [-0.3, -0.25) is 9.59 Å². The van der Waals surface area contributed by atoms with Crippen LogP contribution in [0.1, 0.15) is 41.0 Å². The van der Waals surface area contributed by atoms with Crippen LogP contribution in [0.15, 0.2) is 121 Å². The van der Waals surface area contributed by atoms with E-state index in [9.17, 15) is 14.7 Å². The Morgan fingerprint density at radius 2 is 1.04 bits per heavy atom. The summed E-state index contributed by atoms with van der Waals surface area (Å²) in [6, 6.07) is 40.1. The van der Waals surface area contributed by atoms with Crippen molar-refractivity contribution < 1.29 is 19.4 Å². The molecule has 2 heterocycles. The molecule has 1 N–H and O–H groups in total. The SMILES string of the molecule is CCOC(=O)C(Cc1ccc2ccccc2c1)c1ccc2nsnc2c1.O=C(O)C(Cc1ccc2ccccc2c1)c1ccc2nsnc2c1. The molecule has 10 heteroatoms. The number of aromatic nitrogens is 4. The van der Waals surface area contributed by atoms with E-state index in [1.165, 1.54) is 22.5 Å². The lowest BCUT2D eigenvalue weighted by Gasteiger charge is -2.16. The highest BCUT2D eigenvalue weighted by Crippen LogP contribution is 2.28. The Morgan fingerprint density at radius 1 is 0.580 bits per heavy atom. The number of esters is 1. The van der Waals surface area contributed by atoms with Crippen LogP contribution in [0.5, 0.6) is 0 Å². The molecule has 0 bridgehead atoms. The lowest BCUT2D eigenvalue weighted by molar-refractivity contribution is -0.145. The molecule has 8 rings (SSSR count). The molecule has 0 saturated carbocycles. The minimum atomic E-state index is -0.828. The van der Waals surface area contributed by atoms with E-state index in [0.29, 0.717) is 19.4 Å². The van der Waals surface area contributed by atoms with E-state index in [1.54, 1.807) is 0 Å². The molecule has 2 unspecified atom stereocenters. The van der Waals surface area contributed by atoms with Gasteiger partial charge in [0.05, 0.1) is 41.9 Å². The number of benzene rings is 6. The fourth-order valence-electron chi connectivity index (χ4n) is 6.16. The zero-order chi connectivity index (χ0) is 34.5. The summed E-state index contributed by atoms with van der Waals surface area (Å²) in [5.41, 5.74) is 7.02. The summed E-state index contributed by atoms with van der Waals surface area (Å²) < 4.78 is 22.2. The molecule has 0 aliphatic carbocycles. The van der Waals surface area contributed by atoms with Crippen LogP contribution in [0.25, 0.3) is 43.6 Å². The van der Waals surface area contributed by atoms with Crippen LogP contribution in [0, 0.1) is 0 Å². The lowest BCUT2D eigenvalue weighted by atomic mass is 9.91. The van der Waals surface area contributed by atoms with Gasteiger partial charge in [-0.2, -0.15) is 17.5 Å². The summed E-state index contributed by atoms with van der Waals surface area (Å²) in [5.74, 6) is -1.99. The van der Waals surface area contributed by atoms with Crippen molar-refractivity contribution in [2.75, 3.05) is 6.61 Å². The number of nitrogens with zero attached hydrogens (tertiary/aromatic N) is 4. The second kappa shape index (κ2) is 14.9. The Morgan fingerprint density at radius 3 is 1.54 bits per heavy atom. The Hall–Kier alpha value is -5.58. The Balaban J connectivity index is 0.000000157. The summed E-state index contributed by atoms with van der Waals surface area (Å²) in [5, 5.41) is 14.3. The van der Waals surface area contributed by atoms with Crippen LogP contribution < -0.4 is 0 Å². The Kier molecular flexibility index (Phi) is 9.82. The predicted octanol–water partition coefficient (Wildman–Crippen LogP) is 8.99. The molecule has 0 spiro atoms. The zero-order valence-electron chi connectivity index (χ0n) is 27.1. The van der Waals surface area contributed by atoms with Gasteiger partial charge in [0.1, 0.15) is 22.1 Å². The Labute approximate surface area is 296 Å². The van der Waals surface area contributed by atoms with Gasteiger partial charge in [0.2, 0.25) is 0 Å². The van der Waals surface area contributed by atoms with E-state index in [-0.39, 0.29) is 11.9 Å². The summed E-state index contributed by atoms with van der Waals surface area (Å²) in [6.07, 6.45) is 1.04. The second-order valence-corrected chi connectivity index (χ2v) is 13.0. The van der Waals surface area contributed by atoms with E-state index < -0.39 is 11.9 Å². The zero-order valence-corrected chi connectivity index (χ0v) is 28.7. The molecular formula is C40H32N4O4S2. The number of hydrogen-bond acceptors (Lipinski definition) is 9. The fraction of sp³-hybridized carbons (Fsp3) is 0.150. The first-order valence-electron chi connectivity index (χ1n) is 16.2. The maximum atomic E-state index is 12.6. The van der Waals surface area contributed by atoms with Crippen LogP contribution in [0.2, 0.25) is 0 Å². The van der Waals surface area contributed by atoms with Gasteiger partial charge in [-0.05, 0) is 87.8 Å². The summed E-state index contributed by atoms with van der Waals surface area (Å²) in [4.78, 5) is 24.4. The number of rotatable bonds is 9. The molecule has 248 valence electrons. The monoisotopic (exact) mass is 696 g/mol. The molecule has 0 fully saturated rings. The first kappa shape index (κ1) is 32.9. The largest absolute Gasteiger partial charge is 0.481 e. The van der Waals surface area contributed by atoms with Crippen molar-refractivity contribution >= 4 is 79.0 Å². The molecule has 0 saturated heterocycles. The van der Waals surface area contributed by atoms with E-state index in [1.807, 2.05) is 85.8 Å². The van der Waals surface area contributed by atoms with Crippen molar-refractivity contribution in [3.63, 3.8) is 0 Å². The lowest BCUT2D eigenvalue weighted by Crippen LogP contribution is -2.18. The second-order valence-electron chi connectivity index (χ2n) is 12.0. The Bertz CT molecular complexity index is 2460. The number of aliphatic carboxylic acids is 1. The number of ether oxygens (including phenoxy) is 1. The van der Waals surface area contributed by atoms with Gasteiger partial charge in [0.25, 0.3) is 0 Å². The van der Waals surface area contributed by atoms with Crippen LogP contribution in [-0.4, -0.2) is 41.1 Å². The van der Waals surface area contributed by atoms with Crippen LogP contribution >= 0.6 is 23.5 Å². The molecule has 8 aromatic rings. The average molecular weight is 697 g/mol. The first-order valence-corrected chi connectivity index (χ1v) is 17.7. The number of hydrogen-bond donors (Lipinski definition) is 1. The summed E-state index contributed by atoms with van der Waals surface area (Å²) in [7, 11) is 0. The fourth-order valence-corrected chi connectivity index (χ4v) is 7.20. The van der Waals surface area contributed by atoms with Gasteiger partial charge in [-0.25, -0.2) is 0 Å². The van der Waals surface area contributed by atoms with E-state index >= 15 is 0 Å². The van der Waals surface area contributed by atoms with Gasteiger partial charge in [0, 0.05) is 0 Å². The number of carboxylic acids is 1. The molecule has 0 amide bonds. The van der Waals surface area contributed by atoms with Crippen molar-refractivity contribution in [3.05, 3.63) is 144 Å². The highest BCUT2D eigenvalue weighted by molar-refractivity contribution is 7.00. The third kappa shape index (κ3) is 7.36. The van der Waals surface area contributed by atoms with Crippen molar-refractivity contribution in [2.24, 2.45) is 0 Å². The van der Waals surface area contributed by atoms with E-state index in [4.69, 9.17) is 4.74 Å². The predicted molar refractivity (Wildman–Crippen MR) is 200 cm³/mol. The number of fused-ring (bicyclic) bond motifs is 4.